The molecule has 0 aliphatic rings. The van der Waals surface area contributed by atoms with Crippen molar-refractivity contribution in [2.24, 2.45) is 4.99 Å². The maximum Gasteiger partial charge on any atom is 0.421 e. The monoisotopic (exact) mass is 231 g/mol. The van der Waals surface area contributed by atoms with Crippen LogP contribution in [0.1, 0.15) is 5.56 Å². The molecule has 1 rings (SSSR count). The summed E-state index contributed by atoms with van der Waals surface area (Å²) >= 11 is 0. The van der Waals surface area contributed by atoms with E-state index in [1.807, 2.05) is 0 Å². The van der Waals surface area contributed by atoms with Crippen molar-refractivity contribution in [1.29, 1.82) is 5.26 Å². The summed E-state index contributed by atoms with van der Waals surface area (Å²) in [6.45, 7) is 3.04. The molecule has 0 fully saturated rings. The number of nitrogens with zero attached hydrogens (tertiary/aromatic N) is 4. The van der Waals surface area contributed by atoms with E-state index in [0.717, 1.165) is 4.68 Å². The minimum atomic E-state index is -4.51. The molecule has 0 aromatic carbocycles. The lowest BCUT2D eigenvalue weighted by Crippen LogP contribution is -2.19. The first-order valence-corrected chi connectivity index (χ1v) is 4.18. The second kappa shape index (κ2) is 4.76. The SMILES string of the molecule is C=Nc1c(C(F)(F)F)cnn1CNCC#N. The molecule has 0 aliphatic heterocycles. The van der Waals surface area contributed by atoms with Crippen molar-refractivity contribution in [3.63, 3.8) is 0 Å². The van der Waals surface area contributed by atoms with Crippen LogP contribution in [0.15, 0.2) is 11.2 Å². The Balaban J connectivity index is 2.92. The lowest BCUT2D eigenvalue weighted by Gasteiger charge is -2.06. The number of nitriles is 1. The zero-order valence-corrected chi connectivity index (χ0v) is 8.12. The summed E-state index contributed by atoms with van der Waals surface area (Å²) in [6, 6.07) is 1.79. The molecule has 16 heavy (non-hydrogen) atoms. The zero-order chi connectivity index (χ0) is 12.2. The van der Waals surface area contributed by atoms with Crippen molar-refractivity contribution in [3.8, 4) is 6.07 Å². The minimum absolute atomic E-state index is 0.0117. The van der Waals surface area contributed by atoms with Crippen LogP contribution in [0.25, 0.3) is 0 Å². The van der Waals surface area contributed by atoms with E-state index in [4.69, 9.17) is 5.26 Å². The highest BCUT2D eigenvalue weighted by molar-refractivity contribution is 5.46. The first-order valence-electron chi connectivity index (χ1n) is 4.18. The molecule has 0 aliphatic carbocycles. The Labute approximate surface area is 89.2 Å². The van der Waals surface area contributed by atoms with E-state index in [-0.39, 0.29) is 19.0 Å². The maximum atomic E-state index is 12.4. The smallest absolute Gasteiger partial charge is 0.285 e. The van der Waals surface area contributed by atoms with E-state index < -0.39 is 11.7 Å². The minimum Gasteiger partial charge on any atom is -0.285 e. The standard InChI is InChI=1S/C8H8F3N5/c1-13-7-6(8(9,10)11)4-15-16(7)5-14-3-2-12/h4,14H,1,3,5H2. The van der Waals surface area contributed by atoms with E-state index in [0.29, 0.717) is 6.20 Å². The van der Waals surface area contributed by atoms with Crippen molar-refractivity contribution in [2.45, 2.75) is 12.8 Å². The Hall–Kier alpha value is -1.88. The van der Waals surface area contributed by atoms with Crippen molar-refractivity contribution in [1.82, 2.24) is 15.1 Å². The Morgan fingerprint density at radius 2 is 2.31 bits per heavy atom. The molecular weight excluding hydrogens is 223 g/mol. The molecule has 1 N–H and O–H groups in total. The highest BCUT2D eigenvalue weighted by Crippen LogP contribution is 2.35. The zero-order valence-electron chi connectivity index (χ0n) is 8.12. The summed E-state index contributed by atoms with van der Waals surface area (Å²) in [7, 11) is 0. The van der Waals surface area contributed by atoms with Gasteiger partial charge in [0.2, 0.25) is 0 Å². The topological polar surface area (TPSA) is 66.0 Å². The van der Waals surface area contributed by atoms with Crippen LogP contribution in [-0.4, -0.2) is 23.0 Å². The molecule has 0 spiro atoms. The van der Waals surface area contributed by atoms with Gasteiger partial charge in [0.05, 0.1) is 25.5 Å². The maximum absolute atomic E-state index is 12.4. The third-order valence-corrected chi connectivity index (χ3v) is 1.73. The van der Waals surface area contributed by atoms with Gasteiger partial charge < -0.3 is 0 Å². The summed E-state index contributed by atoms with van der Waals surface area (Å²) in [6.07, 6.45) is -3.83. The number of nitrogens with one attached hydrogen (secondary N) is 1. The summed E-state index contributed by atoms with van der Waals surface area (Å²) in [5.41, 5.74) is -0.943. The molecule has 0 radical (unpaired) electrons. The predicted octanol–water partition coefficient (Wildman–Crippen LogP) is 1.30. The third kappa shape index (κ3) is 2.58. The summed E-state index contributed by atoms with van der Waals surface area (Å²) in [5.74, 6) is -0.363. The van der Waals surface area contributed by atoms with Crippen LogP contribution < -0.4 is 5.32 Å². The first-order chi connectivity index (χ1) is 7.50. The normalized spacial score (nSPS) is 11.1. The van der Waals surface area contributed by atoms with Gasteiger partial charge in [-0.25, -0.2) is 9.67 Å². The summed E-state index contributed by atoms with van der Waals surface area (Å²) < 4.78 is 38.3. The highest BCUT2D eigenvalue weighted by atomic mass is 19.4. The van der Waals surface area contributed by atoms with E-state index in [9.17, 15) is 13.2 Å². The van der Waals surface area contributed by atoms with Crippen LogP contribution in [0, 0.1) is 11.3 Å². The van der Waals surface area contributed by atoms with Crippen LogP contribution in [0.2, 0.25) is 0 Å². The van der Waals surface area contributed by atoms with Crippen molar-refractivity contribution < 1.29 is 13.2 Å². The highest BCUT2D eigenvalue weighted by Gasteiger charge is 2.36. The predicted molar refractivity (Wildman–Crippen MR) is 50.1 cm³/mol. The molecule has 0 unspecified atom stereocenters. The lowest BCUT2D eigenvalue weighted by molar-refractivity contribution is -0.137. The van der Waals surface area contributed by atoms with Gasteiger partial charge in [0.1, 0.15) is 5.56 Å². The molecule has 0 atom stereocenters. The van der Waals surface area contributed by atoms with E-state index in [1.165, 1.54) is 0 Å². The van der Waals surface area contributed by atoms with E-state index in [1.54, 1.807) is 6.07 Å². The second-order valence-corrected chi connectivity index (χ2v) is 2.78. The van der Waals surface area contributed by atoms with Gasteiger partial charge in [0, 0.05) is 0 Å². The largest absolute Gasteiger partial charge is 0.421 e. The lowest BCUT2D eigenvalue weighted by atomic mass is 10.3. The van der Waals surface area contributed by atoms with Crippen LogP contribution in [0.4, 0.5) is 19.0 Å². The van der Waals surface area contributed by atoms with Gasteiger partial charge >= 0.3 is 6.18 Å². The van der Waals surface area contributed by atoms with Crippen LogP contribution in [-0.2, 0) is 12.8 Å². The van der Waals surface area contributed by atoms with E-state index >= 15 is 0 Å². The number of aliphatic imine (C=N–C) groups is 1. The molecule has 1 aromatic rings. The fraction of sp³-hybridized carbons (Fsp3) is 0.375. The van der Waals surface area contributed by atoms with Gasteiger partial charge in [0.25, 0.3) is 0 Å². The number of hydrogen-bond acceptors (Lipinski definition) is 4. The van der Waals surface area contributed by atoms with Crippen molar-refractivity contribution >= 4 is 12.5 Å². The fourth-order valence-electron chi connectivity index (χ4n) is 1.08. The summed E-state index contributed by atoms with van der Waals surface area (Å²) in [4.78, 5) is 3.28. The van der Waals surface area contributed by atoms with Gasteiger partial charge in [-0.2, -0.15) is 23.5 Å². The molecule has 5 nitrogen and oxygen atoms in total. The average Bonchev–Trinajstić information content (AvgIpc) is 2.60. The van der Waals surface area contributed by atoms with Crippen LogP contribution >= 0.6 is 0 Å². The second-order valence-electron chi connectivity index (χ2n) is 2.78. The quantitative estimate of drug-likeness (QED) is 0.482. The average molecular weight is 231 g/mol. The number of aromatic nitrogens is 2. The van der Waals surface area contributed by atoms with Crippen LogP contribution in [0.5, 0.6) is 0 Å². The first kappa shape index (κ1) is 12.2. The van der Waals surface area contributed by atoms with Crippen molar-refractivity contribution in [3.05, 3.63) is 11.8 Å². The molecule has 86 valence electrons. The Kier molecular flexibility index (Phi) is 3.63. The number of halogens is 3. The Bertz CT molecular complexity index is 414. The van der Waals surface area contributed by atoms with E-state index in [2.05, 4.69) is 22.1 Å². The third-order valence-electron chi connectivity index (χ3n) is 1.73. The summed E-state index contributed by atoms with van der Waals surface area (Å²) in [5, 5.41) is 14.3. The van der Waals surface area contributed by atoms with Gasteiger partial charge in [-0.3, -0.25) is 5.32 Å². The molecule has 0 saturated carbocycles. The van der Waals surface area contributed by atoms with Gasteiger partial charge in [-0.1, -0.05) is 0 Å². The molecule has 1 aromatic heterocycles. The molecule has 0 bridgehead atoms. The number of hydrogen-bond donors (Lipinski definition) is 1. The fourth-order valence-corrected chi connectivity index (χ4v) is 1.08. The van der Waals surface area contributed by atoms with Gasteiger partial charge in [0.15, 0.2) is 5.82 Å². The molecule has 8 heteroatoms. The molecule has 0 saturated heterocycles. The molecule has 1 heterocycles. The Morgan fingerprint density at radius 3 is 2.81 bits per heavy atom. The molecule has 0 amide bonds. The van der Waals surface area contributed by atoms with Gasteiger partial charge in [-0.05, 0) is 6.72 Å². The number of alkyl halides is 3. The number of rotatable bonds is 4. The van der Waals surface area contributed by atoms with Crippen molar-refractivity contribution in [2.75, 3.05) is 6.54 Å². The van der Waals surface area contributed by atoms with Crippen LogP contribution in [0.3, 0.4) is 0 Å². The van der Waals surface area contributed by atoms with Gasteiger partial charge in [-0.15, -0.1) is 0 Å². The Morgan fingerprint density at radius 1 is 1.62 bits per heavy atom. The molecular formula is C8H8F3N5.